The predicted octanol–water partition coefficient (Wildman–Crippen LogP) is 3.56. The summed E-state index contributed by atoms with van der Waals surface area (Å²) >= 11 is 5.80. The summed E-state index contributed by atoms with van der Waals surface area (Å²) in [7, 11) is 0. The molecule has 2 nitrogen and oxygen atoms in total. The zero-order valence-electron chi connectivity index (χ0n) is 9.28. The van der Waals surface area contributed by atoms with Crippen LogP contribution < -0.4 is 0 Å². The summed E-state index contributed by atoms with van der Waals surface area (Å²) in [6, 6.07) is 7.40. The highest BCUT2D eigenvalue weighted by Crippen LogP contribution is 2.22. The third-order valence-corrected chi connectivity index (χ3v) is 2.53. The number of halogens is 1. The Morgan fingerprint density at radius 3 is 2.62 bits per heavy atom. The predicted molar refractivity (Wildman–Crippen MR) is 65.6 cm³/mol. The molecule has 0 fully saturated rings. The van der Waals surface area contributed by atoms with Crippen LogP contribution in [0.3, 0.4) is 0 Å². The molecule has 0 radical (unpaired) electrons. The van der Waals surface area contributed by atoms with Gasteiger partial charge in [-0.1, -0.05) is 29.8 Å². The second-order valence-electron chi connectivity index (χ2n) is 3.40. The van der Waals surface area contributed by atoms with E-state index in [2.05, 4.69) is 6.58 Å². The van der Waals surface area contributed by atoms with Crippen molar-refractivity contribution in [3.63, 3.8) is 0 Å². The number of allylic oxidation sites excluding steroid dienone is 1. The molecule has 0 amide bonds. The van der Waals surface area contributed by atoms with E-state index in [0.717, 1.165) is 5.56 Å². The van der Waals surface area contributed by atoms with Gasteiger partial charge in [0, 0.05) is 10.9 Å². The molecule has 0 saturated carbocycles. The maximum absolute atomic E-state index is 11.4. The fourth-order valence-electron chi connectivity index (χ4n) is 1.45. The van der Waals surface area contributed by atoms with E-state index in [1.807, 2.05) is 12.1 Å². The first-order chi connectivity index (χ1) is 7.67. The van der Waals surface area contributed by atoms with Crippen molar-refractivity contribution < 1.29 is 9.53 Å². The van der Waals surface area contributed by atoms with Crippen molar-refractivity contribution >= 4 is 17.6 Å². The Balaban J connectivity index is 2.71. The van der Waals surface area contributed by atoms with Crippen molar-refractivity contribution in [3.05, 3.63) is 47.5 Å². The van der Waals surface area contributed by atoms with E-state index in [-0.39, 0.29) is 11.9 Å². The molecule has 0 bridgehead atoms. The summed E-state index contributed by atoms with van der Waals surface area (Å²) in [6.45, 7) is 5.93. The first-order valence-corrected chi connectivity index (χ1v) is 5.58. The van der Waals surface area contributed by atoms with Crippen LogP contribution in [0.15, 0.2) is 36.9 Å². The fraction of sp³-hybridized carbons (Fsp3) is 0.308. The number of carbonyl (C=O) groups excluding carboxylic acids is 1. The fourth-order valence-corrected chi connectivity index (χ4v) is 1.57. The summed E-state index contributed by atoms with van der Waals surface area (Å²) in [5.41, 5.74) is 1.02. The van der Waals surface area contributed by atoms with Crippen LogP contribution in [0.4, 0.5) is 0 Å². The molecular formula is C13H15ClO2. The number of ether oxygens (including phenoxy) is 1. The third-order valence-electron chi connectivity index (χ3n) is 2.27. The first-order valence-electron chi connectivity index (χ1n) is 5.21. The molecule has 16 heavy (non-hydrogen) atoms. The molecule has 1 aromatic rings. The van der Waals surface area contributed by atoms with Gasteiger partial charge in [-0.15, -0.1) is 6.58 Å². The number of rotatable bonds is 5. The van der Waals surface area contributed by atoms with Gasteiger partial charge in [-0.25, -0.2) is 0 Å². The second kappa shape index (κ2) is 6.33. The van der Waals surface area contributed by atoms with Crippen LogP contribution in [0, 0.1) is 0 Å². The number of esters is 1. The SMILES string of the molecule is C=C[C@H](CC(=O)OCC)c1ccc(Cl)cc1. The molecule has 0 saturated heterocycles. The lowest BCUT2D eigenvalue weighted by molar-refractivity contribution is -0.143. The Hall–Kier alpha value is -1.28. The highest BCUT2D eigenvalue weighted by Gasteiger charge is 2.13. The van der Waals surface area contributed by atoms with Gasteiger partial charge in [0.1, 0.15) is 0 Å². The van der Waals surface area contributed by atoms with Crippen molar-refractivity contribution in [2.75, 3.05) is 6.61 Å². The van der Waals surface area contributed by atoms with Crippen LogP contribution in [-0.4, -0.2) is 12.6 Å². The van der Waals surface area contributed by atoms with E-state index in [9.17, 15) is 4.79 Å². The van der Waals surface area contributed by atoms with Gasteiger partial charge < -0.3 is 4.74 Å². The van der Waals surface area contributed by atoms with Gasteiger partial charge in [0.05, 0.1) is 13.0 Å². The van der Waals surface area contributed by atoms with Gasteiger partial charge in [-0.2, -0.15) is 0 Å². The van der Waals surface area contributed by atoms with Crippen LogP contribution in [-0.2, 0) is 9.53 Å². The van der Waals surface area contributed by atoms with Gasteiger partial charge in [0.25, 0.3) is 0 Å². The Kier molecular flexibility index (Phi) is 5.06. The minimum Gasteiger partial charge on any atom is -0.466 e. The zero-order chi connectivity index (χ0) is 12.0. The van der Waals surface area contributed by atoms with E-state index < -0.39 is 0 Å². The van der Waals surface area contributed by atoms with Crippen molar-refractivity contribution in [2.24, 2.45) is 0 Å². The second-order valence-corrected chi connectivity index (χ2v) is 3.84. The molecule has 0 aromatic heterocycles. The monoisotopic (exact) mass is 238 g/mol. The van der Waals surface area contributed by atoms with Gasteiger partial charge in [-0.05, 0) is 24.6 Å². The van der Waals surface area contributed by atoms with Gasteiger partial charge >= 0.3 is 5.97 Å². The Morgan fingerprint density at radius 2 is 2.12 bits per heavy atom. The average Bonchev–Trinajstić information content (AvgIpc) is 2.27. The summed E-state index contributed by atoms with van der Waals surface area (Å²) in [5, 5.41) is 0.683. The summed E-state index contributed by atoms with van der Waals surface area (Å²) < 4.78 is 4.91. The van der Waals surface area contributed by atoms with E-state index in [1.165, 1.54) is 0 Å². The summed E-state index contributed by atoms with van der Waals surface area (Å²) in [4.78, 5) is 11.4. The number of benzene rings is 1. The number of carbonyl (C=O) groups is 1. The van der Waals surface area contributed by atoms with Crippen LogP contribution >= 0.6 is 11.6 Å². The van der Waals surface area contributed by atoms with Crippen LogP contribution in [0.25, 0.3) is 0 Å². The maximum atomic E-state index is 11.4. The van der Waals surface area contributed by atoms with Crippen molar-refractivity contribution in [3.8, 4) is 0 Å². The number of hydrogen-bond acceptors (Lipinski definition) is 2. The molecule has 0 aliphatic rings. The molecule has 3 heteroatoms. The van der Waals surface area contributed by atoms with Crippen LogP contribution in [0.2, 0.25) is 5.02 Å². The van der Waals surface area contributed by atoms with Gasteiger partial charge in [0.15, 0.2) is 0 Å². The molecule has 1 atom stereocenters. The Morgan fingerprint density at radius 1 is 1.50 bits per heavy atom. The zero-order valence-corrected chi connectivity index (χ0v) is 10.0. The average molecular weight is 239 g/mol. The molecule has 0 heterocycles. The standard InChI is InChI=1S/C13H15ClO2/c1-3-10(9-13(15)16-4-2)11-5-7-12(14)8-6-11/h3,5-8,10H,1,4,9H2,2H3/t10-/m1/s1. The molecule has 86 valence electrons. The molecule has 0 aliphatic heterocycles. The van der Waals surface area contributed by atoms with Crippen molar-refractivity contribution in [1.29, 1.82) is 0 Å². The lowest BCUT2D eigenvalue weighted by Gasteiger charge is -2.11. The van der Waals surface area contributed by atoms with Gasteiger partial charge in [0.2, 0.25) is 0 Å². The van der Waals surface area contributed by atoms with E-state index in [4.69, 9.17) is 16.3 Å². The minimum absolute atomic E-state index is 0.0173. The first kappa shape index (κ1) is 12.8. The molecule has 0 unspecified atom stereocenters. The largest absolute Gasteiger partial charge is 0.466 e. The highest BCUT2D eigenvalue weighted by atomic mass is 35.5. The molecule has 1 rings (SSSR count). The molecule has 0 aliphatic carbocycles. The smallest absolute Gasteiger partial charge is 0.306 e. The molecule has 0 spiro atoms. The Bertz CT molecular complexity index is 357. The lowest BCUT2D eigenvalue weighted by atomic mass is 9.96. The van der Waals surface area contributed by atoms with E-state index in [1.54, 1.807) is 25.1 Å². The van der Waals surface area contributed by atoms with Crippen LogP contribution in [0.1, 0.15) is 24.8 Å². The normalized spacial score (nSPS) is 11.9. The van der Waals surface area contributed by atoms with E-state index >= 15 is 0 Å². The van der Waals surface area contributed by atoms with Crippen molar-refractivity contribution in [1.82, 2.24) is 0 Å². The summed E-state index contributed by atoms with van der Waals surface area (Å²) in [6.07, 6.45) is 2.07. The third kappa shape index (κ3) is 3.70. The van der Waals surface area contributed by atoms with Crippen molar-refractivity contribution in [2.45, 2.75) is 19.3 Å². The lowest BCUT2D eigenvalue weighted by Crippen LogP contribution is -2.08. The number of hydrogen-bond donors (Lipinski definition) is 0. The topological polar surface area (TPSA) is 26.3 Å². The summed E-state index contributed by atoms with van der Waals surface area (Å²) in [5.74, 6) is -0.223. The van der Waals surface area contributed by atoms with Crippen LogP contribution in [0.5, 0.6) is 0 Å². The maximum Gasteiger partial charge on any atom is 0.306 e. The molecule has 1 aromatic carbocycles. The van der Waals surface area contributed by atoms with Gasteiger partial charge in [-0.3, -0.25) is 4.79 Å². The molecular weight excluding hydrogens is 224 g/mol. The highest BCUT2D eigenvalue weighted by molar-refractivity contribution is 6.30. The quantitative estimate of drug-likeness (QED) is 0.579. The minimum atomic E-state index is -0.206. The Labute approximate surface area is 101 Å². The van der Waals surface area contributed by atoms with E-state index in [0.29, 0.717) is 18.1 Å². The molecule has 0 N–H and O–H groups in total.